The van der Waals surface area contributed by atoms with Crippen molar-refractivity contribution < 1.29 is 28.6 Å². The zero-order chi connectivity index (χ0) is 33.1. The molecule has 3 N–H and O–H groups in total. The van der Waals surface area contributed by atoms with Gasteiger partial charge in [0.25, 0.3) is 11.8 Å². The van der Waals surface area contributed by atoms with Gasteiger partial charge in [0.05, 0.1) is 26.6 Å². The summed E-state index contributed by atoms with van der Waals surface area (Å²) in [6.07, 6.45) is 2.10. The van der Waals surface area contributed by atoms with Crippen molar-refractivity contribution in [2.75, 3.05) is 32.0 Å². The smallest absolute Gasteiger partial charge is 0.272 e. The molecule has 1 atom stereocenters. The number of carbonyl (C=O) groups excluding carboxylic acids is 3. The summed E-state index contributed by atoms with van der Waals surface area (Å²) in [5, 5.41) is 8.72. The lowest BCUT2D eigenvalue weighted by molar-refractivity contribution is -0.116. The van der Waals surface area contributed by atoms with Crippen LogP contribution in [0.1, 0.15) is 29.3 Å². The number of thioether (sulfide) groups is 1. The summed E-state index contributed by atoms with van der Waals surface area (Å²) < 4.78 is 16.3. The fourth-order valence-corrected chi connectivity index (χ4v) is 5.52. The van der Waals surface area contributed by atoms with Crippen LogP contribution in [0.25, 0.3) is 6.08 Å². The summed E-state index contributed by atoms with van der Waals surface area (Å²) in [7, 11) is 4.48. The molecule has 1 unspecified atom stereocenters. The van der Waals surface area contributed by atoms with Gasteiger partial charge in [0.15, 0.2) is 11.5 Å². The minimum atomic E-state index is -0.562. The zero-order valence-corrected chi connectivity index (χ0v) is 27.3. The predicted octanol–water partition coefficient (Wildman–Crippen LogP) is 7.28. The number of hydrogen-bond acceptors (Lipinski definition) is 7. The Hall–Kier alpha value is -4.93. The highest BCUT2D eigenvalue weighted by Gasteiger charge is 2.20. The van der Waals surface area contributed by atoms with Gasteiger partial charge < -0.3 is 30.2 Å². The molecule has 0 fully saturated rings. The minimum Gasteiger partial charge on any atom is -0.493 e. The number of nitrogens with one attached hydrogen (secondary N) is 3. The van der Waals surface area contributed by atoms with Crippen LogP contribution in [0.5, 0.6) is 17.2 Å². The SMILES string of the molecule is CCC(Sc1cccc(NC(=O)/C(=C\c2cc(OC)c(OC)c(OC)c2)NC(=O)c2ccccc2)c1)C(=O)Nc1ccc(Cl)cc1. The molecule has 0 aliphatic heterocycles. The first-order chi connectivity index (χ1) is 22.2. The van der Waals surface area contributed by atoms with Crippen molar-refractivity contribution in [3.8, 4) is 17.2 Å². The third-order valence-corrected chi connectivity index (χ3v) is 8.28. The van der Waals surface area contributed by atoms with E-state index in [4.69, 9.17) is 25.8 Å². The lowest BCUT2D eigenvalue weighted by Gasteiger charge is -2.16. The zero-order valence-electron chi connectivity index (χ0n) is 25.8. The lowest BCUT2D eigenvalue weighted by atomic mass is 10.1. The summed E-state index contributed by atoms with van der Waals surface area (Å²) in [6.45, 7) is 1.93. The van der Waals surface area contributed by atoms with Crippen molar-refractivity contribution in [2.45, 2.75) is 23.5 Å². The molecule has 4 aromatic carbocycles. The van der Waals surface area contributed by atoms with E-state index in [1.165, 1.54) is 39.2 Å². The Bertz CT molecular complexity index is 1690. The van der Waals surface area contributed by atoms with Gasteiger partial charge in [-0.3, -0.25) is 14.4 Å². The van der Waals surface area contributed by atoms with Crippen LogP contribution >= 0.6 is 23.4 Å². The Labute approximate surface area is 277 Å². The lowest BCUT2D eigenvalue weighted by Crippen LogP contribution is -2.30. The summed E-state index contributed by atoms with van der Waals surface area (Å²) in [4.78, 5) is 40.6. The number of anilines is 2. The first kappa shape index (κ1) is 34.0. The molecular weight excluding hydrogens is 626 g/mol. The van der Waals surface area contributed by atoms with Crippen LogP contribution in [-0.4, -0.2) is 44.3 Å². The number of halogens is 1. The van der Waals surface area contributed by atoms with Crippen molar-refractivity contribution in [3.63, 3.8) is 0 Å². The van der Waals surface area contributed by atoms with Crippen molar-refractivity contribution in [3.05, 3.63) is 113 Å². The van der Waals surface area contributed by atoms with Gasteiger partial charge in [-0.15, -0.1) is 11.8 Å². The number of methoxy groups -OCH3 is 3. The molecule has 0 aromatic heterocycles. The van der Waals surface area contributed by atoms with Gasteiger partial charge in [-0.25, -0.2) is 0 Å². The second-order valence-electron chi connectivity index (χ2n) is 9.83. The molecule has 9 nitrogen and oxygen atoms in total. The molecule has 4 rings (SSSR count). The Morgan fingerprint density at radius 3 is 2.09 bits per heavy atom. The van der Waals surface area contributed by atoms with Gasteiger partial charge in [-0.2, -0.15) is 0 Å². The van der Waals surface area contributed by atoms with E-state index in [0.717, 1.165) is 4.90 Å². The maximum Gasteiger partial charge on any atom is 0.272 e. The van der Waals surface area contributed by atoms with E-state index in [9.17, 15) is 14.4 Å². The third kappa shape index (κ3) is 9.06. The highest BCUT2D eigenvalue weighted by atomic mass is 35.5. The predicted molar refractivity (Wildman–Crippen MR) is 183 cm³/mol. The fourth-order valence-electron chi connectivity index (χ4n) is 4.38. The monoisotopic (exact) mass is 659 g/mol. The van der Waals surface area contributed by atoms with E-state index >= 15 is 0 Å². The average molecular weight is 660 g/mol. The van der Waals surface area contributed by atoms with Crippen LogP contribution in [0.15, 0.2) is 102 Å². The Morgan fingerprint density at radius 1 is 0.804 bits per heavy atom. The van der Waals surface area contributed by atoms with Gasteiger partial charge in [-0.1, -0.05) is 42.8 Å². The first-order valence-corrected chi connectivity index (χ1v) is 15.5. The van der Waals surface area contributed by atoms with Crippen molar-refractivity contribution >= 4 is 58.5 Å². The van der Waals surface area contributed by atoms with Gasteiger partial charge in [0, 0.05) is 26.9 Å². The normalized spacial score (nSPS) is 11.6. The summed E-state index contributed by atoms with van der Waals surface area (Å²) in [5.41, 5.74) is 2.02. The summed E-state index contributed by atoms with van der Waals surface area (Å²) in [6, 6.07) is 26.0. The first-order valence-electron chi connectivity index (χ1n) is 14.3. The van der Waals surface area contributed by atoms with E-state index in [1.807, 2.05) is 13.0 Å². The number of ether oxygens (including phenoxy) is 3. The van der Waals surface area contributed by atoms with Crippen LogP contribution in [0.4, 0.5) is 11.4 Å². The number of benzene rings is 4. The van der Waals surface area contributed by atoms with Crippen LogP contribution in [0, 0.1) is 0 Å². The molecule has 4 aromatic rings. The van der Waals surface area contributed by atoms with Crippen LogP contribution in [0.3, 0.4) is 0 Å². The second kappa shape index (κ2) is 16.4. The number of amides is 3. The van der Waals surface area contributed by atoms with Gasteiger partial charge in [0.2, 0.25) is 11.7 Å². The van der Waals surface area contributed by atoms with Gasteiger partial charge >= 0.3 is 0 Å². The summed E-state index contributed by atoms with van der Waals surface area (Å²) in [5.74, 6) is -0.00879. The number of hydrogen-bond donors (Lipinski definition) is 3. The Kier molecular flexibility index (Phi) is 12.1. The highest BCUT2D eigenvalue weighted by Crippen LogP contribution is 2.38. The van der Waals surface area contributed by atoms with Gasteiger partial charge in [-0.05, 0) is 84.8 Å². The molecule has 0 radical (unpaired) electrons. The van der Waals surface area contributed by atoms with Crippen molar-refractivity contribution in [1.82, 2.24) is 5.32 Å². The van der Waals surface area contributed by atoms with E-state index in [0.29, 0.717) is 51.2 Å². The molecular formula is C35H34ClN3O6S. The molecule has 0 aliphatic carbocycles. The maximum absolute atomic E-state index is 13.7. The largest absolute Gasteiger partial charge is 0.493 e. The van der Waals surface area contributed by atoms with Crippen molar-refractivity contribution in [1.29, 1.82) is 0 Å². The Morgan fingerprint density at radius 2 is 1.48 bits per heavy atom. The molecule has 3 amide bonds. The minimum absolute atomic E-state index is 0.0186. The highest BCUT2D eigenvalue weighted by molar-refractivity contribution is 8.00. The van der Waals surface area contributed by atoms with Crippen molar-refractivity contribution in [2.24, 2.45) is 0 Å². The molecule has 11 heteroatoms. The quantitative estimate of drug-likeness (QED) is 0.102. The Balaban J connectivity index is 1.58. The maximum atomic E-state index is 13.7. The molecule has 0 saturated heterocycles. The van der Waals surface area contributed by atoms with E-state index in [-0.39, 0.29) is 16.9 Å². The fraction of sp³-hybridized carbons (Fsp3) is 0.171. The molecule has 0 aliphatic rings. The molecule has 46 heavy (non-hydrogen) atoms. The molecule has 0 heterocycles. The van der Waals surface area contributed by atoms with Crippen LogP contribution < -0.4 is 30.2 Å². The third-order valence-electron chi connectivity index (χ3n) is 6.67. The standard InChI is InChI=1S/C35H34ClN3O6S/c1-5-31(35(42)37-25-16-14-24(36)15-17-25)46-27-13-9-12-26(21-27)38-34(41)28(39-33(40)23-10-7-6-8-11-23)18-22-19-29(43-2)32(45-4)30(20-22)44-3/h6-21,31H,5H2,1-4H3,(H,37,42)(H,38,41)(H,39,40)/b28-18+. The second-order valence-corrected chi connectivity index (χ2v) is 11.5. The van der Waals surface area contributed by atoms with E-state index in [1.54, 1.807) is 84.9 Å². The average Bonchev–Trinajstić information content (AvgIpc) is 3.07. The molecule has 0 bridgehead atoms. The molecule has 238 valence electrons. The molecule has 0 saturated carbocycles. The number of rotatable bonds is 13. The van der Waals surface area contributed by atoms with E-state index in [2.05, 4.69) is 16.0 Å². The number of carbonyl (C=O) groups is 3. The van der Waals surface area contributed by atoms with Gasteiger partial charge in [0.1, 0.15) is 5.70 Å². The van der Waals surface area contributed by atoms with E-state index < -0.39 is 11.8 Å². The van der Waals surface area contributed by atoms with Crippen LogP contribution in [-0.2, 0) is 9.59 Å². The molecule has 0 spiro atoms. The summed E-state index contributed by atoms with van der Waals surface area (Å²) >= 11 is 7.34. The van der Waals surface area contributed by atoms with Crippen LogP contribution in [0.2, 0.25) is 5.02 Å². The topological polar surface area (TPSA) is 115 Å².